The van der Waals surface area contributed by atoms with Gasteiger partial charge in [-0.3, -0.25) is 9.78 Å². The van der Waals surface area contributed by atoms with Crippen LogP contribution in [-0.2, 0) is 4.79 Å². The first-order valence-electron chi connectivity index (χ1n) is 9.05. The smallest absolute Gasteiger partial charge is 0.223 e. The van der Waals surface area contributed by atoms with Crippen molar-refractivity contribution in [1.82, 2.24) is 10.3 Å². The SMILES string of the molecule is CC(C)[C@@H](C)NC(=O)C1CCN(c2ccnc3cc(F)ccc23)CC1. The summed E-state index contributed by atoms with van der Waals surface area (Å²) in [7, 11) is 0. The van der Waals surface area contributed by atoms with Gasteiger partial charge in [-0.05, 0) is 43.9 Å². The average molecular weight is 343 g/mol. The van der Waals surface area contributed by atoms with E-state index in [0.717, 1.165) is 37.0 Å². The highest BCUT2D eigenvalue weighted by Crippen LogP contribution is 2.29. The minimum atomic E-state index is -0.271. The minimum absolute atomic E-state index is 0.0722. The summed E-state index contributed by atoms with van der Waals surface area (Å²) in [5, 5.41) is 4.09. The van der Waals surface area contributed by atoms with Crippen LogP contribution in [0.15, 0.2) is 30.5 Å². The zero-order valence-corrected chi connectivity index (χ0v) is 15.1. The number of halogens is 1. The van der Waals surface area contributed by atoms with E-state index in [4.69, 9.17) is 0 Å². The number of hydrogen-bond donors (Lipinski definition) is 1. The zero-order chi connectivity index (χ0) is 18.0. The normalized spacial score (nSPS) is 17.1. The number of anilines is 1. The number of piperidine rings is 1. The monoisotopic (exact) mass is 343 g/mol. The lowest BCUT2D eigenvalue weighted by Gasteiger charge is -2.34. The van der Waals surface area contributed by atoms with E-state index in [1.807, 2.05) is 6.07 Å². The Kier molecular flexibility index (Phi) is 5.21. The zero-order valence-electron chi connectivity index (χ0n) is 15.1. The molecule has 0 aliphatic carbocycles. The molecule has 1 amide bonds. The number of nitrogens with one attached hydrogen (secondary N) is 1. The summed E-state index contributed by atoms with van der Waals surface area (Å²) in [6, 6.07) is 6.90. The first-order valence-corrected chi connectivity index (χ1v) is 9.05. The maximum atomic E-state index is 13.4. The maximum Gasteiger partial charge on any atom is 0.223 e. The summed E-state index contributed by atoms with van der Waals surface area (Å²) in [5.74, 6) is 0.407. The van der Waals surface area contributed by atoms with Crippen molar-refractivity contribution < 1.29 is 9.18 Å². The predicted molar refractivity (Wildman–Crippen MR) is 99.1 cm³/mol. The Morgan fingerprint density at radius 2 is 1.96 bits per heavy atom. The lowest BCUT2D eigenvalue weighted by atomic mass is 9.94. The molecule has 1 aromatic heterocycles. The van der Waals surface area contributed by atoms with Crippen LogP contribution in [0.3, 0.4) is 0 Å². The van der Waals surface area contributed by atoms with Crippen molar-refractivity contribution in [3.8, 4) is 0 Å². The van der Waals surface area contributed by atoms with E-state index in [0.29, 0.717) is 11.4 Å². The molecular formula is C20H26FN3O. The Morgan fingerprint density at radius 3 is 2.64 bits per heavy atom. The summed E-state index contributed by atoms with van der Waals surface area (Å²) in [6.45, 7) is 7.94. The van der Waals surface area contributed by atoms with Crippen LogP contribution in [0.4, 0.5) is 10.1 Å². The summed E-state index contributed by atoms with van der Waals surface area (Å²) in [5.41, 5.74) is 1.74. The number of aromatic nitrogens is 1. The predicted octanol–water partition coefficient (Wildman–Crippen LogP) is 3.75. The molecule has 1 aliphatic heterocycles. The second kappa shape index (κ2) is 7.38. The number of carbonyl (C=O) groups is 1. The van der Waals surface area contributed by atoms with E-state index in [2.05, 4.69) is 36.0 Å². The molecule has 0 unspecified atom stereocenters. The number of amides is 1. The van der Waals surface area contributed by atoms with Gasteiger partial charge >= 0.3 is 0 Å². The molecule has 3 rings (SSSR count). The molecule has 25 heavy (non-hydrogen) atoms. The topological polar surface area (TPSA) is 45.2 Å². The van der Waals surface area contributed by atoms with Crippen LogP contribution in [0.25, 0.3) is 10.9 Å². The fourth-order valence-electron chi connectivity index (χ4n) is 3.27. The molecule has 2 aromatic rings. The molecule has 2 heterocycles. The van der Waals surface area contributed by atoms with Gasteiger partial charge in [0.25, 0.3) is 0 Å². The van der Waals surface area contributed by atoms with E-state index < -0.39 is 0 Å². The standard InChI is InChI=1S/C20H26FN3O/c1-13(2)14(3)23-20(25)15-7-10-24(11-8-15)19-6-9-22-18-12-16(21)4-5-17(18)19/h4-6,9,12-15H,7-8,10-11H2,1-3H3,(H,23,25)/t14-/m1/s1. The number of benzene rings is 1. The fraction of sp³-hybridized carbons (Fsp3) is 0.500. The first kappa shape index (κ1) is 17.6. The van der Waals surface area contributed by atoms with E-state index >= 15 is 0 Å². The number of pyridine rings is 1. The highest BCUT2D eigenvalue weighted by Gasteiger charge is 2.27. The summed E-state index contributed by atoms with van der Waals surface area (Å²) < 4.78 is 13.4. The molecule has 1 atom stereocenters. The molecule has 4 nitrogen and oxygen atoms in total. The number of carbonyl (C=O) groups excluding carboxylic acids is 1. The Morgan fingerprint density at radius 1 is 1.24 bits per heavy atom. The van der Waals surface area contributed by atoms with E-state index in [1.165, 1.54) is 12.1 Å². The maximum absolute atomic E-state index is 13.4. The molecule has 134 valence electrons. The highest BCUT2D eigenvalue weighted by molar-refractivity contribution is 5.91. The molecule has 1 aromatic carbocycles. The fourth-order valence-corrected chi connectivity index (χ4v) is 3.27. The number of rotatable bonds is 4. The van der Waals surface area contributed by atoms with Gasteiger partial charge in [0.1, 0.15) is 5.82 Å². The van der Waals surface area contributed by atoms with Crippen molar-refractivity contribution in [1.29, 1.82) is 0 Å². The van der Waals surface area contributed by atoms with E-state index in [9.17, 15) is 9.18 Å². The quantitative estimate of drug-likeness (QED) is 0.919. The average Bonchev–Trinajstić information content (AvgIpc) is 2.61. The van der Waals surface area contributed by atoms with Gasteiger partial charge < -0.3 is 10.2 Å². The highest BCUT2D eigenvalue weighted by atomic mass is 19.1. The lowest BCUT2D eigenvalue weighted by molar-refractivity contribution is -0.126. The van der Waals surface area contributed by atoms with Gasteiger partial charge in [-0.25, -0.2) is 4.39 Å². The molecular weight excluding hydrogens is 317 g/mol. The van der Waals surface area contributed by atoms with Gasteiger partial charge in [0.05, 0.1) is 5.52 Å². The number of hydrogen-bond acceptors (Lipinski definition) is 3. The number of fused-ring (bicyclic) bond motifs is 1. The molecule has 1 fully saturated rings. The Labute approximate surface area is 148 Å². The van der Waals surface area contributed by atoms with Crippen LogP contribution in [0, 0.1) is 17.7 Å². The van der Waals surface area contributed by atoms with Crippen molar-refractivity contribution in [3.63, 3.8) is 0 Å². The third-order valence-electron chi connectivity index (χ3n) is 5.26. The summed E-state index contributed by atoms with van der Waals surface area (Å²) in [6.07, 6.45) is 3.39. The van der Waals surface area contributed by atoms with Gasteiger partial charge in [-0.2, -0.15) is 0 Å². The molecule has 0 spiro atoms. The van der Waals surface area contributed by atoms with Crippen molar-refractivity contribution in [2.75, 3.05) is 18.0 Å². The van der Waals surface area contributed by atoms with E-state index in [-0.39, 0.29) is 23.7 Å². The van der Waals surface area contributed by atoms with Crippen molar-refractivity contribution >= 4 is 22.5 Å². The van der Waals surface area contributed by atoms with Crippen LogP contribution in [0.2, 0.25) is 0 Å². The third-order valence-corrected chi connectivity index (χ3v) is 5.26. The van der Waals surface area contributed by atoms with Gasteiger partial charge in [0.15, 0.2) is 0 Å². The first-order chi connectivity index (χ1) is 12.0. The number of nitrogens with zero attached hydrogens (tertiary/aromatic N) is 2. The van der Waals surface area contributed by atoms with Crippen LogP contribution in [0.5, 0.6) is 0 Å². The van der Waals surface area contributed by atoms with Crippen molar-refractivity contribution in [3.05, 3.63) is 36.3 Å². The largest absolute Gasteiger partial charge is 0.371 e. The second-order valence-electron chi connectivity index (χ2n) is 7.29. The van der Waals surface area contributed by atoms with Crippen LogP contribution in [-0.4, -0.2) is 30.0 Å². The molecule has 1 aliphatic rings. The molecule has 5 heteroatoms. The lowest BCUT2D eigenvalue weighted by Crippen LogP contribution is -2.44. The van der Waals surface area contributed by atoms with Gasteiger partial charge in [-0.1, -0.05) is 13.8 Å². The Hall–Kier alpha value is -2.17. The molecule has 0 bridgehead atoms. The Bertz CT molecular complexity index is 754. The summed E-state index contributed by atoms with van der Waals surface area (Å²) >= 11 is 0. The van der Waals surface area contributed by atoms with Crippen LogP contribution in [0.1, 0.15) is 33.6 Å². The molecule has 1 saturated heterocycles. The van der Waals surface area contributed by atoms with Crippen LogP contribution < -0.4 is 10.2 Å². The van der Waals surface area contributed by atoms with Crippen molar-refractivity contribution in [2.24, 2.45) is 11.8 Å². The Balaban J connectivity index is 1.68. The molecule has 1 N–H and O–H groups in total. The minimum Gasteiger partial charge on any atom is -0.371 e. The molecule has 0 radical (unpaired) electrons. The van der Waals surface area contributed by atoms with Gasteiger partial charge in [-0.15, -0.1) is 0 Å². The third kappa shape index (κ3) is 3.91. The van der Waals surface area contributed by atoms with Gasteiger partial charge in [0, 0.05) is 48.4 Å². The second-order valence-corrected chi connectivity index (χ2v) is 7.29. The summed E-state index contributed by atoms with van der Waals surface area (Å²) in [4.78, 5) is 19.0. The van der Waals surface area contributed by atoms with E-state index in [1.54, 1.807) is 12.3 Å². The van der Waals surface area contributed by atoms with Crippen molar-refractivity contribution in [2.45, 2.75) is 39.7 Å². The molecule has 0 saturated carbocycles. The van der Waals surface area contributed by atoms with Crippen LogP contribution >= 0.6 is 0 Å². The van der Waals surface area contributed by atoms with Gasteiger partial charge in [0.2, 0.25) is 5.91 Å².